The van der Waals surface area contributed by atoms with Gasteiger partial charge in [-0.1, -0.05) is 0 Å². The SMILES string of the molecule is CNc1nc(-c2sccc2C)ncc1I. The van der Waals surface area contributed by atoms with Crippen LogP contribution in [0.1, 0.15) is 5.56 Å². The normalized spacial score (nSPS) is 10.3. The van der Waals surface area contributed by atoms with Gasteiger partial charge < -0.3 is 5.32 Å². The first-order valence-electron chi connectivity index (χ1n) is 4.47. The molecule has 0 amide bonds. The predicted octanol–water partition coefficient (Wildman–Crippen LogP) is 3.16. The molecular weight excluding hydrogens is 321 g/mol. The van der Waals surface area contributed by atoms with Crippen LogP contribution >= 0.6 is 33.9 Å². The van der Waals surface area contributed by atoms with Gasteiger partial charge in [0.05, 0.1) is 8.45 Å². The first-order chi connectivity index (χ1) is 7.22. The molecule has 0 radical (unpaired) electrons. The van der Waals surface area contributed by atoms with Crippen molar-refractivity contribution in [1.82, 2.24) is 9.97 Å². The van der Waals surface area contributed by atoms with Crippen molar-refractivity contribution >= 4 is 39.7 Å². The van der Waals surface area contributed by atoms with Gasteiger partial charge in [0.2, 0.25) is 0 Å². The highest BCUT2D eigenvalue weighted by molar-refractivity contribution is 14.1. The van der Waals surface area contributed by atoms with Crippen LogP contribution in [-0.4, -0.2) is 17.0 Å². The molecule has 78 valence electrons. The largest absolute Gasteiger partial charge is 0.372 e. The van der Waals surface area contributed by atoms with E-state index < -0.39 is 0 Å². The number of aryl methyl sites for hydroxylation is 1. The van der Waals surface area contributed by atoms with Gasteiger partial charge in [-0.15, -0.1) is 11.3 Å². The third-order valence-electron chi connectivity index (χ3n) is 2.05. The number of anilines is 1. The molecule has 0 aliphatic carbocycles. The van der Waals surface area contributed by atoms with E-state index in [0.717, 1.165) is 20.1 Å². The lowest BCUT2D eigenvalue weighted by Crippen LogP contribution is -1.98. The van der Waals surface area contributed by atoms with Crippen LogP contribution in [0.25, 0.3) is 10.7 Å². The zero-order valence-corrected chi connectivity index (χ0v) is 11.4. The van der Waals surface area contributed by atoms with E-state index in [2.05, 4.69) is 56.2 Å². The van der Waals surface area contributed by atoms with Gasteiger partial charge in [-0.3, -0.25) is 0 Å². The van der Waals surface area contributed by atoms with Crippen molar-refractivity contribution in [1.29, 1.82) is 0 Å². The highest BCUT2D eigenvalue weighted by atomic mass is 127. The van der Waals surface area contributed by atoms with E-state index in [1.54, 1.807) is 11.3 Å². The lowest BCUT2D eigenvalue weighted by atomic mass is 10.3. The molecule has 2 aromatic rings. The van der Waals surface area contributed by atoms with Gasteiger partial charge in [0.25, 0.3) is 0 Å². The van der Waals surface area contributed by atoms with E-state index in [4.69, 9.17) is 0 Å². The summed E-state index contributed by atoms with van der Waals surface area (Å²) in [7, 11) is 1.87. The van der Waals surface area contributed by atoms with Crippen molar-refractivity contribution < 1.29 is 0 Å². The third kappa shape index (κ3) is 2.12. The number of thiophene rings is 1. The summed E-state index contributed by atoms with van der Waals surface area (Å²) < 4.78 is 1.04. The summed E-state index contributed by atoms with van der Waals surface area (Å²) in [5.41, 5.74) is 1.23. The zero-order chi connectivity index (χ0) is 10.8. The Hall–Kier alpha value is -0.690. The summed E-state index contributed by atoms with van der Waals surface area (Å²) in [6.07, 6.45) is 1.84. The van der Waals surface area contributed by atoms with Crippen LogP contribution in [0.5, 0.6) is 0 Å². The van der Waals surface area contributed by atoms with Gasteiger partial charge in [0.1, 0.15) is 5.82 Å². The molecule has 15 heavy (non-hydrogen) atoms. The van der Waals surface area contributed by atoms with Crippen molar-refractivity contribution in [3.8, 4) is 10.7 Å². The molecule has 5 heteroatoms. The molecule has 0 fully saturated rings. The Morgan fingerprint density at radius 2 is 2.27 bits per heavy atom. The minimum atomic E-state index is 0.798. The summed E-state index contributed by atoms with van der Waals surface area (Å²) in [5, 5.41) is 5.12. The summed E-state index contributed by atoms with van der Waals surface area (Å²) in [4.78, 5) is 9.96. The van der Waals surface area contributed by atoms with Gasteiger partial charge in [-0.2, -0.15) is 0 Å². The third-order valence-corrected chi connectivity index (χ3v) is 3.85. The molecule has 0 bridgehead atoms. The Balaban J connectivity index is 2.51. The van der Waals surface area contributed by atoms with Crippen LogP contribution in [0.4, 0.5) is 5.82 Å². The maximum atomic E-state index is 4.47. The molecule has 0 aromatic carbocycles. The van der Waals surface area contributed by atoms with Crippen LogP contribution in [0, 0.1) is 10.5 Å². The Labute approximate surface area is 106 Å². The number of aromatic nitrogens is 2. The van der Waals surface area contributed by atoms with Crippen molar-refractivity contribution in [3.63, 3.8) is 0 Å². The van der Waals surface area contributed by atoms with Crippen molar-refractivity contribution in [3.05, 3.63) is 26.8 Å². The minimum absolute atomic E-state index is 0.798. The highest BCUT2D eigenvalue weighted by Crippen LogP contribution is 2.27. The fraction of sp³-hybridized carbons (Fsp3) is 0.200. The number of halogens is 1. The van der Waals surface area contributed by atoms with Crippen LogP contribution in [0.3, 0.4) is 0 Å². The maximum absolute atomic E-state index is 4.47. The van der Waals surface area contributed by atoms with Crippen LogP contribution in [0.2, 0.25) is 0 Å². The van der Waals surface area contributed by atoms with Gasteiger partial charge >= 0.3 is 0 Å². The monoisotopic (exact) mass is 331 g/mol. The van der Waals surface area contributed by atoms with Crippen LogP contribution in [-0.2, 0) is 0 Å². The van der Waals surface area contributed by atoms with E-state index >= 15 is 0 Å². The Morgan fingerprint density at radius 3 is 2.87 bits per heavy atom. The van der Waals surface area contributed by atoms with Crippen molar-refractivity contribution in [2.75, 3.05) is 12.4 Å². The number of nitrogens with zero attached hydrogens (tertiary/aromatic N) is 2. The quantitative estimate of drug-likeness (QED) is 0.859. The molecule has 0 unspecified atom stereocenters. The van der Waals surface area contributed by atoms with E-state index in [9.17, 15) is 0 Å². The Kier molecular flexibility index (Phi) is 3.20. The minimum Gasteiger partial charge on any atom is -0.372 e. The lowest BCUT2D eigenvalue weighted by Gasteiger charge is -2.04. The summed E-state index contributed by atoms with van der Waals surface area (Å²) in [5.74, 6) is 1.68. The molecule has 0 atom stereocenters. The number of rotatable bonds is 2. The van der Waals surface area contributed by atoms with Crippen molar-refractivity contribution in [2.45, 2.75) is 6.92 Å². The Morgan fingerprint density at radius 1 is 1.47 bits per heavy atom. The summed E-state index contributed by atoms with van der Waals surface area (Å²) in [6.45, 7) is 2.08. The second-order valence-corrected chi connectivity index (χ2v) is 5.15. The average molecular weight is 331 g/mol. The fourth-order valence-electron chi connectivity index (χ4n) is 1.25. The number of hydrogen-bond acceptors (Lipinski definition) is 4. The number of nitrogens with one attached hydrogen (secondary N) is 1. The van der Waals surface area contributed by atoms with Crippen molar-refractivity contribution in [2.24, 2.45) is 0 Å². The molecular formula is C10H10IN3S. The van der Waals surface area contributed by atoms with Gasteiger partial charge in [-0.05, 0) is 46.5 Å². The first kappa shape index (κ1) is 10.8. The molecule has 1 N–H and O–H groups in total. The van der Waals surface area contributed by atoms with Gasteiger partial charge in [0, 0.05) is 13.2 Å². The van der Waals surface area contributed by atoms with E-state index in [0.29, 0.717) is 0 Å². The van der Waals surface area contributed by atoms with Crippen LogP contribution < -0.4 is 5.32 Å². The van der Waals surface area contributed by atoms with E-state index in [1.807, 2.05) is 13.2 Å². The topological polar surface area (TPSA) is 37.8 Å². The number of hydrogen-bond donors (Lipinski definition) is 1. The maximum Gasteiger partial charge on any atom is 0.171 e. The molecule has 0 aliphatic heterocycles. The predicted molar refractivity (Wildman–Crippen MR) is 72.3 cm³/mol. The zero-order valence-electron chi connectivity index (χ0n) is 8.41. The van der Waals surface area contributed by atoms with Gasteiger partial charge in [-0.25, -0.2) is 9.97 Å². The molecule has 2 rings (SSSR count). The van der Waals surface area contributed by atoms with E-state index in [1.165, 1.54) is 5.56 Å². The Bertz CT molecular complexity index is 481. The molecule has 0 spiro atoms. The first-order valence-corrected chi connectivity index (χ1v) is 6.43. The molecule has 0 saturated heterocycles. The molecule has 2 aromatic heterocycles. The average Bonchev–Trinajstić information content (AvgIpc) is 2.65. The molecule has 0 aliphatic rings. The fourth-order valence-corrected chi connectivity index (χ4v) is 2.65. The molecule has 2 heterocycles. The second-order valence-electron chi connectivity index (χ2n) is 3.07. The lowest BCUT2D eigenvalue weighted by molar-refractivity contribution is 1.15. The second kappa shape index (κ2) is 4.44. The smallest absolute Gasteiger partial charge is 0.171 e. The summed E-state index contributed by atoms with van der Waals surface area (Å²) in [6, 6.07) is 2.08. The van der Waals surface area contributed by atoms with Crippen LogP contribution in [0.15, 0.2) is 17.6 Å². The van der Waals surface area contributed by atoms with E-state index in [-0.39, 0.29) is 0 Å². The highest BCUT2D eigenvalue weighted by Gasteiger charge is 2.08. The summed E-state index contributed by atoms with van der Waals surface area (Å²) >= 11 is 3.89. The molecule has 0 saturated carbocycles. The van der Waals surface area contributed by atoms with Gasteiger partial charge in [0.15, 0.2) is 5.82 Å². The standard InChI is InChI=1S/C10H10IN3S/c1-6-3-4-15-8(6)10-13-5-7(11)9(12-2)14-10/h3-5H,1-2H3,(H,12,13,14). The molecule has 3 nitrogen and oxygen atoms in total.